The number of aromatic nitrogens is 1. The van der Waals surface area contributed by atoms with Gasteiger partial charge in [-0.2, -0.15) is 4.31 Å². The normalized spacial score (nSPS) is 16.9. The Hall–Kier alpha value is -3.33. The molecule has 3 heterocycles. The van der Waals surface area contributed by atoms with Crippen LogP contribution >= 0.6 is 0 Å². The molecule has 1 saturated heterocycles. The lowest BCUT2D eigenvalue weighted by molar-refractivity contribution is 0.0764. The van der Waals surface area contributed by atoms with Gasteiger partial charge in [0.15, 0.2) is 5.75 Å². The summed E-state index contributed by atoms with van der Waals surface area (Å²) in [4.78, 5) is 21.1. The van der Waals surface area contributed by atoms with Crippen LogP contribution in [0, 0.1) is 5.82 Å². The number of rotatable bonds is 9. The highest BCUT2D eigenvalue weighted by Gasteiger charge is 2.38. The van der Waals surface area contributed by atoms with Crippen molar-refractivity contribution in [1.29, 1.82) is 0 Å². The lowest BCUT2D eigenvalue weighted by Crippen LogP contribution is -2.50. The molecule has 1 aromatic heterocycles. The molecule has 2 aliphatic rings. The van der Waals surface area contributed by atoms with Gasteiger partial charge in [0.25, 0.3) is 5.91 Å². The molecule has 0 saturated carbocycles. The number of phenolic OH excluding ortho intramolecular Hbond substituents is 1. The van der Waals surface area contributed by atoms with E-state index in [-0.39, 0.29) is 53.7 Å². The third-order valence-corrected chi connectivity index (χ3v) is 11.3. The van der Waals surface area contributed by atoms with Crippen LogP contribution in [0.1, 0.15) is 28.4 Å². The maximum atomic E-state index is 13.6. The summed E-state index contributed by atoms with van der Waals surface area (Å²) >= 11 is 0. The van der Waals surface area contributed by atoms with E-state index in [1.807, 2.05) is 4.90 Å². The van der Waals surface area contributed by atoms with E-state index < -0.39 is 31.8 Å². The fourth-order valence-corrected chi connectivity index (χ4v) is 7.70. The van der Waals surface area contributed by atoms with Crippen LogP contribution in [0.25, 0.3) is 10.9 Å². The van der Waals surface area contributed by atoms with Crippen LogP contribution in [-0.2, 0) is 33.1 Å². The summed E-state index contributed by atoms with van der Waals surface area (Å²) in [6.07, 6.45) is 1.46. The first-order valence-electron chi connectivity index (χ1n) is 13.3. The van der Waals surface area contributed by atoms with Crippen molar-refractivity contribution in [3.63, 3.8) is 0 Å². The minimum absolute atomic E-state index is 0.00335. The van der Waals surface area contributed by atoms with E-state index in [9.17, 15) is 31.1 Å². The van der Waals surface area contributed by atoms with Crippen LogP contribution < -0.4 is 4.31 Å². The molecule has 0 bridgehead atoms. The van der Waals surface area contributed by atoms with Gasteiger partial charge in [0.2, 0.25) is 20.0 Å². The largest absolute Gasteiger partial charge is 0.505 e. The Morgan fingerprint density at radius 1 is 1.05 bits per heavy atom. The Labute approximate surface area is 238 Å². The van der Waals surface area contributed by atoms with Crippen molar-refractivity contribution >= 4 is 42.5 Å². The van der Waals surface area contributed by atoms with Crippen molar-refractivity contribution in [3.8, 4) is 5.75 Å². The van der Waals surface area contributed by atoms with E-state index in [0.717, 1.165) is 4.31 Å². The third-order valence-electron chi connectivity index (χ3n) is 7.74. The zero-order chi connectivity index (χ0) is 29.5. The van der Waals surface area contributed by atoms with Crippen LogP contribution in [0.15, 0.2) is 42.6 Å². The molecule has 0 radical (unpaired) electrons. The number of nitrogens with zero attached hydrogens (tertiary/aromatic N) is 5. The van der Waals surface area contributed by atoms with Gasteiger partial charge in [0, 0.05) is 70.0 Å². The highest BCUT2D eigenvalue weighted by molar-refractivity contribution is 7.92. The first kappa shape index (κ1) is 29.2. The molecule has 2 aromatic carbocycles. The van der Waals surface area contributed by atoms with Crippen LogP contribution in [0.5, 0.6) is 5.75 Å². The van der Waals surface area contributed by atoms with Gasteiger partial charge in [-0.15, -0.1) is 0 Å². The van der Waals surface area contributed by atoms with Gasteiger partial charge >= 0.3 is 0 Å². The Morgan fingerprint density at radius 3 is 2.39 bits per heavy atom. The number of aromatic hydroxyl groups is 1. The minimum atomic E-state index is -3.90. The van der Waals surface area contributed by atoms with Crippen molar-refractivity contribution in [3.05, 3.63) is 65.1 Å². The number of pyridine rings is 1. The van der Waals surface area contributed by atoms with Gasteiger partial charge in [-0.1, -0.05) is 12.1 Å². The Balaban J connectivity index is 1.41. The lowest BCUT2D eigenvalue weighted by Gasteiger charge is -2.34. The number of piperazine rings is 1. The number of carbonyl (C=O) groups is 1. The molecular weight excluding hydrogens is 573 g/mol. The smallest absolute Gasteiger partial charge is 0.258 e. The first-order valence-corrected chi connectivity index (χ1v) is 16.5. The maximum Gasteiger partial charge on any atom is 0.258 e. The third kappa shape index (κ3) is 5.61. The molecule has 14 heteroatoms. The predicted octanol–water partition coefficient (Wildman–Crippen LogP) is 1.97. The second-order valence-electron chi connectivity index (χ2n) is 10.2. The zero-order valence-corrected chi connectivity index (χ0v) is 24.5. The van der Waals surface area contributed by atoms with Gasteiger partial charge in [0.1, 0.15) is 11.3 Å². The molecule has 220 valence electrons. The van der Waals surface area contributed by atoms with Gasteiger partial charge in [0.05, 0.1) is 22.8 Å². The Morgan fingerprint density at radius 2 is 1.73 bits per heavy atom. The highest BCUT2D eigenvalue weighted by atomic mass is 32.2. The second kappa shape index (κ2) is 11.2. The average Bonchev–Trinajstić information content (AvgIpc) is 3.28. The van der Waals surface area contributed by atoms with Gasteiger partial charge < -0.3 is 10.0 Å². The predicted molar refractivity (Wildman–Crippen MR) is 153 cm³/mol. The number of sulfonamides is 2. The number of benzene rings is 2. The fourth-order valence-electron chi connectivity index (χ4n) is 5.36. The number of anilines is 1. The number of hydrogen-bond donors (Lipinski definition) is 1. The number of hydrogen-bond acceptors (Lipinski definition) is 8. The number of amides is 1. The minimum Gasteiger partial charge on any atom is -0.505 e. The van der Waals surface area contributed by atoms with E-state index in [1.54, 1.807) is 31.2 Å². The maximum absolute atomic E-state index is 13.6. The second-order valence-corrected chi connectivity index (χ2v) is 14.5. The first-order chi connectivity index (χ1) is 19.4. The van der Waals surface area contributed by atoms with Gasteiger partial charge in [-0.05, 0) is 36.8 Å². The molecule has 0 spiro atoms. The number of fused-ring (bicyclic) bond motifs is 2. The average molecular weight is 606 g/mol. The molecule has 1 fully saturated rings. The molecular formula is C27H32FN5O6S2. The summed E-state index contributed by atoms with van der Waals surface area (Å²) < 4.78 is 67.6. The molecule has 3 aromatic rings. The number of phenols is 1. The molecule has 5 rings (SSSR count). The monoisotopic (exact) mass is 605 g/mol. The quantitative estimate of drug-likeness (QED) is 0.392. The number of halogens is 1. The molecule has 11 nitrogen and oxygen atoms in total. The molecule has 1 N–H and O–H groups in total. The molecule has 2 aliphatic heterocycles. The lowest BCUT2D eigenvalue weighted by atomic mass is 10.0. The van der Waals surface area contributed by atoms with Crippen LogP contribution in [0.3, 0.4) is 0 Å². The topological polar surface area (TPSA) is 131 Å². The Kier molecular flexibility index (Phi) is 7.94. The summed E-state index contributed by atoms with van der Waals surface area (Å²) in [5, 5.41) is 11.5. The van der Waals surface area contributed by atoms with Crippen molar-refractivity contribution < 1.29 is 31.1 Å². The van der Waals surface area contributed by atoms with Gasteiger partial charge in [-0.25, -0.2) is 21.2 Å². The van der Waals surface area contributed by atoms with E-state index in [0.29, 0.717) is 42.7 Å². The molecule has 41 heavy (non-hydrogen) atoms. The van der Waals surface area contributed by atoms with Crippen LogP contribution in [0.4, 0.5) is 10.1 Å². The Bertz CT molecular complexity index is 1690. The van der Waals surface area contributed by atoms with E-state index >= 15 is 0 Å². The van der Waals surface area contributed by atoms with E-state index in [1.165, 1.54) is 34.6 Å². The summed E-state index contributed by atoms with van der Waals surface area (Å²) in [6.45, 7) is 3.45. The van der Waals surface area contributed by atoms with E-state index in [4.69, 9.17) is 0 Å². The van der Waals surface area contributed by atoms with Crippen molar-refractivity contribution in [2.24, 2.45) is 0 Å². The highest BCUT2D eigenvalue weighted by Crippen LogP contribution is 2.44. The van der Waals surface area contributed by atoms with Crippen molar-refractivity contribution in [2.75, 3.05) is 55.6 Å². The van der Waals surface area contributed by atoms with E-state index in [2.05, 4.69) is 4.98 Å². The van der Waals surface area contributed by atoms with Gasteiger partial charge in [-0.3, -0.25) is 19.0 Å². The molecule has 0 atom stereocenters. The SMILES string of the molecule is CCS(=O)(=O)N1CCN(CCS(=O)(=O)N(C)c2c3c(c(O)c4ncccc24)C(=O)N(Cc2ccc(F)cc2)C3)CC1. The summed E-state index contributed by atoms with van der Waals surface area (Å²) in [5.74, 6) is -1.38. The molecule has 1 amide bonds. The fraction of sp³-hybridized carbons (Fsp3) is 0.407. The van der Waals surface area contributed by atoms with Crippen LogP contribution in [0.2, 0.25) is 0 Å². The molecule has 0 aliphatic carbocycles. The summed E-state index contributed by atoms with van der Waals surface area (Å²) in [6, 6.07) is 9.02. The zero-order valence-electron chi connectivity index (χ0n) is 22.8. The number of carbonyl (C=O) groups excluding carboxylic acids is 1. The van der Waals surface area contributed by atoms with Crippen LogP contribution in [-0.4, -0.2) is 98.2 Å². The summed E-state index contributed by atoms with van der Waals surface area (Å²) in [5.41, 5.74) is 1.45. The molecule has 0 unspecified atom stereocenters. The standard InChI is InChI=1S/C27H32FN5O6S2/c1-3-40(36,37)33-13-11-31(12-14-33)15-16-41(38,39)30(2)25-21-5-4-10-29-24(21)26(34)23-22(25)18-32(27(23)35)17-19-6-8-20(28)9-7-19/h4-10,34H,3,11-18H2,1-2H3. The van der Waals surface area contributed by atoms with Crippen molar-refractivity contribution in [2.45, 2.75) is 20.0 Å². The van der Waals surface area contributed by atoms with Crippen molar-refractivity contribution in [1.82, 2.24) is 19.1 Å². The summed E-state index contributed by atoms with van der Waals surface area (Å²) in [7, 11) is -5.77.